The fourth-order valence-electron chi connectivity index (χ4n) is 2.74. The van der Waals surface area contributed by atoms with Crippen molar-refractivity contribution < 1.29 is 9.59 Å². The number of thiophene rings is 1. The van der Waals surface area contributed by atoms with Crippen LogP contribution in [0.2, 0.25) is 0 Å². The lowest BCUT2D eigenvalue weighted by Crippen LogP contribution is -2.15. The van der Waals surface area contributed by atoms with Gasteiger partial charge in [0.15, 0.2) is 0 Å². The summed E-state index contributed by atoms with van der Waals surface area (Å²) in [5, 5.41) is 15.8. The van der Waals surface area contributed by atoms with Gasteiger partial charge in [0.25, 0.3) is 5.91 Å². The molecule has 146 valence electrons. The van der Waals surface area contributed by atoms with Gasteiger partial charge < -0.3 is 21.2 Å². The van der Waals surface area contributed by atoms with E-state index >= 15 is 0 Å². The maximum absolute atomic E-state index is 12.4. The highest BCUT2D eigenvalue weighted by Crippen LogP contribution is 2.30. The van der Waals surface area contributed by atoms with Gasteiger partial charge in [-0.2, -0.15) is 5.26 Å². The number of nitrogens with one attached hydrogen (secondary N) is 2. The Balaban J connectivity index is 1.69. The van der Waals surface area contributed by atoms with Gasteiger partial charge in [-0.3, -0.25) is 4.79 Å². The number of anilines is 3. The lowest BCUT2D eigenvalue weighted by atomic mass is 10.1. The second-order valence-corrected chi connectivity index (χ2v) is 7.69. The molecule has 0 radical (unpaired) electrons. The van der Waals surface area contributed by atoms with E-state index in [1.54, 1.807) is 31.2 Å². The maximum Gasteiger partial charge on any atom is 0.255 e. The van der Waals surface area contributed by atoms with Crippen LogP contribution in [0.25, 0.3) is 0 Å². The van der Waals surface area contributed by atoms with Gasteiger partial charge >= 0.3 is 0 Å². The summed E-state index contributed by atoms with van der Waals surface area (Å²) in [6, 6.07) is 18.0. The quantitative estimate of drug-likeness (QED) is 0.407. The van der Waals surface area contributed by atoms with Crippen molar-refractivity contribution in [2.24, 2.45) is 0 Å². The molecular formula is C22H20N4O2S. The first kappa shape index (κ1) is 20.1. The Morgan fingerprint density at radius 1 is 1.24 bits per heavy atom. The maximum atomic E-state index is 12.4. The number of nitrogen functional groups attached to an aromatic ring is 1. The molecule has 0 fully saturated rings. The summed E-state index contributed by atoms with van der Waals surface area (Å²) < 4.78 is 0. The minimum Gasteiger partial charge on any atom is -0.397 e. The van der Waals surface area contributed by atoms with Crippen molar-refractivity contribution in [2.75, 3.05) is 16.4 Å². The summed E-state index contributed by atoms with van der Waals surface area (Å²) in [4.78, 5) is 24.3. The molecule has 29 heavy (non-hydrogen) atoms. The van der Waals surface area contributed by atoms with Crippen LogP contribution in [0.3, 0.4) is 0 Å². The van der Waals surface area contributed by atoms with Gasteiger partial charge in [0.1, 0.15) is 17.4 Å². The summed E-state index contributed by atoms with van der Waals surface area (Å²) in [6.45, 7) is 1.74. The SMILES string of the molecule is CC(C=O)Nc1sc(Cc2ccc(C(=O)Nc3ccccc3N)cc2)cc1C#N. The summed E-state index contributed by atoms with van der Waals surface area (Å²) in [7, 11) is 0. The van der Waals surface area contributed by atoms with Crippen molar-refractivity contribution >= 4 is 39.9 Å². The molecule has 0 aliphatic heterocycles. The summed E-state index contributed by atoms with van der Waals surface area (Å²) in [5.74, 6) is -0.230. The fourth-order valence-corrected chi connectivity index (χ4v) is 3.88. The molecule has 0 saturated carbocycles. The number of nitriles is 1. The molecule has 0 saturated heterocycles. The molecule has 0 spiro atoms. The molecule has 0 aliphatic carbocycles. The molecule has 1 unspecified atom stereocenters. The molecule has 1 aromatic heterocycles. The average Bonchev–Trinajstić information content (AvgIpc) is 3.11. The topological polar surface area (TPSA) is 108 Å². The number of hydrogen-bond acceptors (Lipinski definition) is 6. The molecule has 1 heterocycles. The smallest absolute Gasteiger partial charge is 0.255 e. The highest BCUT2D eigenvalue weighted by Gasteiger charge is 2.12. The van der Waals surface area contributed by atoms with Crippen molar-refractivity contribution in [2.45, 2.75) is 19.4 Å². The van der Waals surface area contributed by atoms with Gasteiger partial charge in [-0.05, 0) is 42.8 Å². The number of amides is 1. The molecule has 3 rings (SSSR count). The van der Waals surface area contributed by atoms with Crippen LogP contribution in [-0.2, 0) is 11.2 Å². The first-order valence-corrected chi connectivity index (χ1v) is 9.81. The van der Waals surface area contributed by atoms with Crippen molar-refractivity contribution in [3.63, 3.8) is 0 Å². The summed E-state index contributed by atoms with van der Waals surface area (Å²) in [5.41, 5.74) is 9.02. The number of carbonyl (C=O) groups excluding carboxylic acids is 2. The van der Waals surface area contributed by atoms with Gasteiger partial charge in [0, 0.05) is 16.9 Å². The number of rotatable bonds is 7. The van der Waals surface area contributed by atoms with Crippen LogP contribution in [-0.4, -0.2) is 18.2 Å². The van der Waals surface area contributed by atoms with Gasteiger partial charge in [-0.25, -0.2) is 0 Å². The van der Waals surface area contributed by atoms with E-state index in [4.69, 9.17) is 5.73 Å². The Kier molecular flexibility index (Phi) is 6.27. The number of carbonyl (C=O) groups is 2. The highest BCUT2D eigenvalue weighted by atomic mass is 32.1. The predicted molar refractivity (Wildman–Crippen MR) is 116 cm³/mol. The molecule has 1 atom stereocenters. The number of aldehydes is 1. The summed E-state index contributed by atoms with van der Waals surface area (Å²) >= 11 is 1.45. The zero-order chi connectivity index (χ0) is 20.8. The monoisotopic (exact) mass is 404 g/mol. The van der Waals surface area contributed by atoms with Gasteiger partial charge in [0.05, 0.1) is 23.0 Å². The minimum atomic E-state index is -0.356. The van der Waals surface area contributed by atoms with E-state index in [0.29, 0.717) is 33.9 Å². The Morgan fingerprint density at radius 2 is 1.97 bits per heavy atom. The van der Waals surface area contributed by atoms with Crippen LogP contribution in [0.5, 0.6) is 0 Å². The van der Waals surface area contributed by atoms with E-state index in [0.717, 1.165) is 16.7 Å². The van der Waals surface area contributed by atoms with Gasteiger partial charge in [-0.15, -0.1) is 11.3 Å². The number of hydrogen-bond donors (Lipinski definition) is 3. The first-order chi connectivity index (χ1) is 14.0. The molecule has 3 aromatic rings. The molecule has 6 nitrogen and oxygen atoms in total. The standard InChI is InChI=1S/C22H20N4O2S/c1-14(13-27)25-22-17(12-23)11-18(29-22)10-15-6-8-16(9-7-15)21(28)26-20-5-3-2-4-19(20)24/h2-9,11,13-14,25H,10,24H2,1H3,(H,26,28). The van der Waals surface area contributed by atoms with Crippen molar-refractivity contribution in [3.8, 4) is 6.07 Å². The fraction of sp³-hybridized carbons (Fsp3) is 0.136. The van der Waals surface area contributed by atoms with Crippen LogP contribution in [0, 0.1) is 11.3 Å². The number of para-hydroxylation sites is 2. The third-order valence-electron chi connectivity index (χ3n) is 4.27. The molecule has 2 aromatic carbocycles. The Morgan fingerprint density at radius 3 is 2.62 bits per heavy atom. The Bertz CT molecular complexity index is 1070. The average molecular weight is 404 g/mol. The number of nitrogens with zero attached hydrogens (tertiary/aromatic N) is 1. The zero-order valence-electron chi connectivity index (χ0n) is 15.8. The van der Waals surface area contributed by atoms with E-state index in [1.807, 2.05) is 30.3 Å². The molecule has 4 N–H and O–H groups in total. The number of nitrogens with two attached hydrogens (primary N) is 1. The van der Waals surface area contributed by atoms with Crippen LogP contribution < -0.4 is 16.4 Å². The second kappa shape index (κ2) is 9.04. The number of benzene rings is 2. The Hall–Kier alpha value is -3.63. The first-order valence-electron chi connectivity index (χ1n) is 8.99. The predicted octanol–water partition coefficient (Wildman–Crippen LogP) is 4.04. The van der Waals surface area contributed by atoms with Crippen molar-refractivity contribution in [1.29, 1.82) is 5.26 Å². The third kappa shape index (κ3) is 5.00. The van der Waals surface area contributed by atoms with E-state index in [-0.39, 0.29) is 11.9 Å². The second-order valence-electron chi connectivity index (χ2n) is 6.55. The highest BCUT2D eigenvalue weighted by molar-refractivity contribution is 7.16. The summed E-state index contributed by atoms with van der Waals surface area (Å²) in [6.07, 6.45) is 1.43. The molecule has 7 heteroatoms. The van der Waals surface area contributed by atoms with Gasteiger partial charge in [-0.1, -0.05) is 24.3 Å². The lowest BCUT2D eigenvalue weighted by Gasteiger charge is -2.08. The van der Waals surface area contributed by atoms with Crippen LogP contribution in [0.4, 0.5) is 16.4 Å². The van der Waals surface area contributed by atoms with E-state index in [2.05, 4.69) is 16.7 Å². The molecule has 1 amide bonds. The van der Waals surface area contributed by atoms with Crippen molar-refractivity contribution in [1.82, 2.24) is 0 Å². The van der Waals surface area contributed by atoms with Gasteiger partial charge in [0.2, 0.25) is 0 Å². The van der Waals surface area contributed by atoms with Crippen LogP contribution in [0.1, 0.15) is 33.3 Å². The van der Waals surface area contributed by atoms with E-state index in [9.17, 15) is 14.9 Å². The van der Waals surface area contributed by atoms with E-state index in [1.165, 1.54) is 11.3 Å². The normalized spacial score (nSPS) is 11.3. The third-order valence-corrected chi connectivity index (χ3v) is 5.34. The zero-order valence-corrected chi connectivity index (χ0v) is 16.6. The molecule has 0 aliphatic rings. The largest absolute Gasteiger partial charge is 0.397 e. The van der Waals surface area contributed by atoms with Crippen molar-refractivity contribution in [3.05, 3.63) is 76.2 Å². The Labute approximate surface area is 173 Å². The molecular weight excluding hydrogens is 384 g/mol. The minimum absolute atomic E-state index is 0.230. The van der Waals surface area contributed by atoms with Crippen LogP contribution in [0.15, 0.2) is 54.6 Å². The van der Waals surface area contributed by atoms with E-state index < -0.39 is 0 Å². The lowest BCUT2D eigenvalue weighted by molar-refractivity contribution is -0.108. The molecule has 0 bridgehead atoms. The van der Waals surface area contributed by atoms with Crippen LogP contribution >= 0.6 is 11.3 Å².